The molecule has 2 saturated heterocycles. The Labute approximate surface area is 110 Å². The second-order valence-electron chi connectivity index (χ2n) is 5.68. The predicted octanol–water partition coefficient (Wildman–Crippen LogP) is 1.54. The van der Waals surface area contributed by atoms with E-state index in [1.165, 1.54) is 12.8 Å². The van der Waals surface area contributed by atoms with Gasteiger partial charge in [0.25, 0.3) is 0 Å². The Hall–Kier alpha value is -0.610. The summed E-state index contributed by atoms with van der Waals surface area (Å²) in [6.07, 6.45) is 6.70. The third-order valence-electron chi connectivity index (χ3n) is 4.08. The summed E-state index contributed by atoms with van der Waals surface area (Å²) in [5.74, 6) is 0.281. The molecular formula is C14H26N2O2. The molecule has 0 radical (unpaired) electrons. The van der Waals surface area contributed by atoms with Crippen LogP contribution in [0.4, 0.5) is 0 Å². The molecule has 3 unspecified atom stereocenters. The topological polar surface area (TPSA) is 41.6 Å². The molecule has 4 nitrogen and oxygen atoms in total. The van der Waals surface area contributed by atoms with E-state index in [9.17, 15) is 4.79 Å². The van der Waals surface area contributed by atoms with E-state index in [0.717, 1.165) is 32.4 Å². The summed E-state index contributed by atoms with van der Waals surface area (Å²) in [6.45, 7) is 3.95. The average molecular weight is 254 g/mol. The van der Waals surface area contributed by atoms with Crippen LogP contribution in [0.15, 0.2) is 0 Å². The molecule has 0 spiro atoms. The molecule has 2 fully saturated rings. The van der Waals surface area contributed by atoms with E-state index in [1.54, 1.807) is 0 Å². The number of nitrogens with one attached hydrogen (secondary N) is 1. The molecule has 1 amide bonds. The molecule has 0 aliphatic carbocycles. The highest BCUT2D eigenvalue weighted by Gasteiger charge is 2.27. The summed E-state index contributed by atoms with van der Waals surface area (Å²) in [7, 11) is 1.90. The van der Waals surface area contributed by atoms with Crippen molar-refractivity contribution in [3.05, 3.63) is 0 Å². The van der Waals surface area contributed by atoms with Crippen molar-refractivity contribution in [1.82, 2.24) is 10.2 Å². The Kier molecular flexibility index (Phi) is 5.01. The molecule has 4 heteroatoms. The minimum atomic E-state index is 0.281. The highest BCUT2D eigenvalue weighted by Crippen LogP contribution is 2.20. The van der Waals surface area contributed by atoms with Crippen molar-refractivity contribution in [3.63, 3.8) is 0 Å². The fourth-order valence-corrected chi connectivity index (χ4v) is 3.04. The van der Waals surface area contributed by atoms with Crippen molar-refractivity contribution >= 4 is 5.91 Å². The fourth-order valence-electron chi connectivity index (χ4n) is 3.04. The molecule has 104 valence electrons. The minimum Gasteiger partial charge on any atom is -0.378 e. The van der Waals surface area contributed by atoms with Crippen molar-refractivity contribution in [1.29, 1.82) is 0 Å². The third-order valence-corrected chi connectivity index (χ3v) is 4.08. The van der Waals surface area contributed by atoms with Crippen molar-refractivity contribution in [2.24, 2.45) is 0 Å². The number of likely N-dealkylation sites (tertiary alicyclic amines) is 1. The first-order valence-corrected chi connectivity index (χ1v) is 7.30. The lowest BCUT2D eigenvalue weighted by Crippen LogP contribution is -2.51. The zero-order valence-electron chi connectivity index (χ0n) is 11.7. The summed E-state index contributed by atoms with van der Waals surface area (Å²) in [6, 6.07) is 1.04. The van der Waals surface area contributed by atoms with E-state index in [1.807, 2.05) is 11.9 Å². The van der Waals surface area contributed by atoms with Gasteiger partial charge in [-0.1, -0.05) is 13.3 Å². The molecule has 1 N–H and O–H groups in total. The number of likely N-dealkylation sites (N-methyl/N-ethyl adjacent to an activating group) is 1. The molecule has 0 aromatic carbocycles. The number of hydrogen-bond acceptors (Lipinski definition) is 3. The standard InChI is InChI=1S/C14H26N2O2/c1-3-4-13-9-11(7-8-18-13)15-12-5-6-14(17)16(2)10-12/h11-13,15H,3-10H2,1-2H3. The van der Waals surface area contributed by atoms with Gasteiger partial charge in [0.2, 0.25) is 5.91 Å². The molecule has 3 atom stereocenters. The van der Waals surface area contributed by atoms with Crippen LogP contribution in [0.25, 0.3) is 0 Å². The number of ether oxygens (including phenoxy) is 1. The number of piperidine rings is 1. The molecule has 2 heterocycles. The number of carbonyl (C=O) groups is 1. The molecule has 0 saturated carbocycles. The summed E-state index contributed by atoms with van der Waals surface area (Å²) in [4.78, 5) is 13.3. The highest BCUT2D eigenvalue weighted by atomic mass is 16.5. The maximum atomic E-state index is 11.4. The predicted molar refractivity (Wildman–Crippen MR) is 71.5 cm³/mol. The van der Waals surface area contributed by atoms with Crippen LogP contribution in [0.5, 0.6) is 0 Å². The Bertz CT molecular complexity index is 281. The van der Waals surface area contributed by atoms with Crippen molar-refractivity contribution in [2.45, 2.75) is 63.6 Å². The fraction of sp³-hybridized carbons (Fsp3) is 0.929. The van der Waals surface area contributed by atoms with Crippen molar-refractivity contribution in [2.75, 3.05) is 20.2 Å². The molecule has 0 bridgehead atoms. The lowest BCUT2D eigenvalue weighted by Gasteiger charge is -2.36. The van der Waals surface area contributed by atoms with Crippen LogP contribution in [0.2, 0.25) is 0 Å². The summed E-state index contributed by atoms with van der Waals surface area (Å²) in [5, 5.41) is 3.72. The summed E-state index contributed by atoms with van der Waals surface area (Å²) < 4.78 is 5.77. The van der Waals surface area contributed by atoms with Crippen LogP contribution in [-0.2, 0) is 9.53 Å². The molecule has 2 aliphatic rings. The number of nitrogens with zero attached hydrogens (tertiary/aromatic N) is 1. The first-order valence-electron chi connectivity index (χ1n) is 7.30. The first-order chi connectivity index (χ1) is 8.69. The van der Waals surface area contributed by atoms with E-state index >= 15 is 0 Å². The largest absolute Gasteiger partial charge is 0.378 e. The first kappa shape index (κ1) is 13.8. The second-order valence-corrected chi connectivity index (χ2v) is 5.68. The van der Waals surface area contributed by atoms with Crippen LogP contribution in [0.1, 0.15) is 45.4 Å². The van der Waals surface area contributed by atoms with Gasteiger partial charge in [-0.2, -0.15) is 0 Å². The zero-order valence-corrected chi connectivity index (χ0v) is 11.7. The van der Waals surface area contributed by atoms with Crippen molar-refractivity contribution in [3.8, 4) is 0 Å². The monoisotopic (exact) mass is 254 g/mol. The van der Waals surface area contributed by atoms with Crippen LogP contribution >= 0.6 is 0 Å². The summed E-state index contributed by atoms with van der Waals surface area (Å²) in [5.41, 5.74) is 0. The highest BCUT2D eigenvalue weighted by molar-refractivity contribution is 5.76. The number of rotatable bonds is 4. The van der Waals surface area contributed by atoms with Gasteiger partial charge in [0, 0.05) is 38.7 Å². The van der Waals surface area contributed by atoms with Crippen LogP contribution in [-0.4, -0.2) is 49.2 Å². The molecule has 2 aliphatic heterocycles. The minimum absolute atomic E-state index is 0.281. The van der Waals surface area contributed by atoms with Crippen LogP contribution < -0.4 is 5.32 Å². The van der Waals surface area contributed by atoms with Crippen molar-refractivity contribution < 1.29 is 9.53 Å². The van der Waals surface area contributed by atoms with Gasteiger partial charge in [-0.05, 0) is 25.7 Å². The Morgan fingerprint density at radius 3 is 2.94 bits per heavy atom. The Morgan fingerprint density at radius 2 is 2.22 bits per heavy atom. The van der Waals surface area contributed by atoms with Gasteiger partial charge in [0.1, 0.15) is 0 Å². The van der Waals surface area contributed by atoms with E-state index in [2.05, 4.69) is 12.2 Å². The van der Waals surface area contributed by atoms with E-state index in [4.69, 9.17) is 4.74 Å². The normalized spacial score (nSPS) is 33.8. The van der Waals surface area contributed by atoms with Gasteiger partial charge in [-0.3, -0.25) is 4.79 Å². The molecule has 18 heavy (non-hydrogen) atoms. The number of amides is 1. The van der Waals surface area contributed by atoms with E-state index < -0.39 is 0 Å². The lowest BCUT2D eigenvalue weighted by molar-refractivity contribution is -0.132. The number of hydrogen-bond donors (Lipinski definition) is 1. The SMILES string of the molecule is CCCC1CC(NC2CCC(=O)N(C)C2)CCO1. The van der Waals surface area contributed by atoms with Gasteiger partial charge >= 0.3 is 0 Å². The average Bonchev–Trinajstić information content (AvgIpc) is 2.35. The van der Waals surface area contributed by atoms with Gasteiger partial charge in [0.15, 0.2) is 0 Å². The van der Waals surface area contributed by atoms with Crippen LogP contribution in [0.3, 0.4) is 0 Å². The molecule has 0 aromatic rings. The Morgan fingerprint density at radius 1 is 1.39 bits per heavy atom. The smallest absolute Gasteiger partial charge is 0.222 e. The van der Waals surface area contributed by atoms with E-state index in [-0.39, 0.29) is 5.91 Å². The number of carbonyl (C=O) groups excluding carboxylic acids is 1. The molecular weight excluding hydrogens is 228 g/mol. The molecule has 2 rings (SSSR count). The summed E-state index contributed by atoms with van der Waals surface area (Å²) >= 11 is 0. The molecule has 0 aromatic heterocycles. The van der Waals surface area contributed by atoms with E-state index in [0.29, 0.717) is 24.6 Å². The third kappa shape index (κ3) is 3.69. The quantitative estimate of drug-likeness (QED) is 0.827. The lowest BCUT2D eigenvalue weighted by atomic mass is 9.97. The van der Waals surface area contributed by atoms with Gasteiger partial charge in [-0.15, -0.1) is 0 Å². The maximum absolute atomic E-state index is 11.4. The van der Waals surface area contributed by atoms with Crippen LogP contribution in [0, 0.1) is 0 Å². The van der Waals surface area contributed by atoms with Gasteiger partial charge < -0.3 is 15.0 Å². The van der Waals surface area contributed by atoms with Gasteiger partial charge in [0.05, 0.1) is 6.10 Å². The maximum Gasteiger partial charge on any atom is 0.222 e. The Balaban J connectivity index is 1.77. The second kappa shape index (κ2) is 6.53. The zero-order chi connectivity index (χ0) is 13.0. The van der Waals surface area contributed by atoms with Gasteiger partial charge in [-0.25, -0.2) is 0 Å².